The largest absolute Gasteiger partial charge is 0.351 e. The molecule has 0 aliphatic rings. The molecule has 0 saturated carbocycles. The Balaban J connectivity index is 1.83. The number of hydrogen-bond acceptors (Lipinski definition) is 4. The summed E-state index contributed by atoms with van der Waals surface area (Å²) in [6.07, 6.45) is 0. The lowest BCUT2D eigenvalue weighted by atomic mass is 9.95. The third-order valence-corrected chi connectivity index (χ3v) is 5.32. The van der Waals surface area contributed by atoms with E-state index in [0.717, 1.165) is 0 Å². The van der Waals surface area contributed by atoms with E-state index < -0.39 is 15.4 Å². The standard InChI is InChI=1S/C20H25N3O4S/c1-20(2,3)19(25)23-16-11-9-15(10-12-16)18(24)21-13-14-22-28(26,27)17-7-5-4-6-8-17/h4-12,22H,13-14H2,1-3H3,(H,21,24)(H,23,25). The van der Waals surface area contributed by atoms with Gasteiger partial charge in [-0.25, -0.2) is 13.1 Å². The van der Waals surface area contributed by atoms with Crippen LogP contribution >= 0.6 is 0 Å². The molecule has 7 nitrogen and oxygen atoms in total. The van der Waals surface area contributed by atoms with Crippen LogP contribution in [0, 0.1) is 5.41 Å². The second kappa shape index (κ2) is 8.99. The number of anilines is 1. The highest BCUT2D eigenvalue weighted by Crippen LogP contribution is 2.17. The zero-order valence-corrected chi connectivity index (χ0v) is 17.0. The molecule has 8 heteroatoms. The molecule has 2 aromatic rings. The first-order chi connectivity index (χ1) is 13.1. The van der Waals surface area contributed by atoms with Crippen molar-refractivity contribution in [1.29, 1.82) is 0 Å². The van der Waals surface area contributed by atoms with Gasteiger partial charge in [-0.15, -0.1) is 0 Å². The topological polar surface area (TPSA) is 104 Å². The average molecular weight is 404 g/mol. The smallest absolute Gasteiger partial charge is 0.251 e. The van der Waals surface area contributed by atoms with E-state index in [1.165, 1.54) is 12.1 Å². The Morgan fingerprint density at radius 3 is 2.07 bits per heavy atom. The van der Waals surface area contributed by atoms with Gasteiger partial charge in [0.05, 0.1) is 4.90 Å². The number of amides is 2. The van der Waals surface area contributed by atoms with E-state index >= 15 is 0 Å². The number of hydrogen-bond donors (Lipinski definition) is 3. The first-order valence-corrected chi connectivity index (χ1v) is 10.3. The van der Waals surface area contributed by atoms with E-state index in [4.69, 9.17) is 0 Å². The normalized spacial score (nSPS) is 11.7. The number of carbonyl (C=O) groups is 2. The fourth-order valence-electron chi connectivity index (χ4n) is 2.17. The van der Waals surface area contributed by atoms with E-state index in [2.05, 4.69) is 15.4 Å². The van der Waals surface area contributed by atoms with Gasteiger partial charge in [0.25, 0.3) is 5.91 Å². The summed E-state index contributed by atoms with van der Waals surface area (Å²) in [7, 11) is -3.59. The predicted molar refractivity (Wildman–Crippen MR) is 108 cm³/mol. The quantitative estimate of drug-likeness (QED) is 0.617. The highest BCUT2D eigenvalue weighted by atomic mass is 32.2. The number of sulfonamides is 1. The van der Waals surface area contributed by atoms with E-state index in [-0.39, 0.29) is 29.8 Å². The molecule has 150 valence electrons. The van der Waals surface area contributed by atoms with E-state index in [1.807, 2.05) is 20.8 Å². The summed E-state index contributed by atoms with van der Waals surface area (Å²) in [5.74, 6) is -0.442. The SMILES string of the molecule is CC(C)(C)C(=O)Nc1ccc(C(=O)NCCNS(=O)(=O)c2ccccc2)cc1. The summed E-state index contributed by atoms with van der Waals surface area (Å²) in [6, 6.07) is 14.5. The van der Waals surface area contributed by atoms with Crippen LogP contribution in [0.2, 0.25) is 0 Å². The molecule has 0 aliphatic heterocycles. The maximum absolute atomic E-state index is 12.2. The van der Waals surface area contributed by atoms with Gasteiger partial charge in [0, 0.05) is 29.8 Å². The Morgan fingerprint density at radius 2 is 1.50 bits per heavy atom. The molecule has 2 amide bonds. The summed E-state index contributed by atoms with van der Waals surface area (Å²) in [5, 5.41) is 5.44. The van der Waals surface area contributed by atoms with Crippen molar-refractivity contribution in [3.05, 3.63) is 60.2 Å². The van der Waals surface area contributed by atoms with Crippen LogP contribution in [0.4, 0.5) is 5.69 Å². The van der Waals surface area contributed by atoms with E-state index in [9.17, 15) is 18.0 Å². The molecule has 0 unspecified atom stereocenters. The van der Waals surface area contributed by atoms with Crippen LogP contribution < -0.4 is 15.4 Å². The molecular weight excluding hydrogens is 378 g/mol. The minimum atomic E-state index is -3.59. The molecule has 0 aliphatic carbocycles. The highest BCUT2D eigenvalue weighted by Gasteiger charge is 2.21. The van der Waals surface area contributed by atoms with Gasteiger partial charge in [-0.3, -0.25) is 9.59 Å². The minimum absolute atomic E-state index is 0.0721. The first kappa shape index (κ1) is 21.6. The summed E-state index contributed by atoms with van der Waals surface area (Å²) in [4.78, 5) is 24.3. The number of nitrogens with one attached hydrogen (secondary N) is 3. The second-order valence-corrected chi connectivity index (χ2v) is 9.02. The maximum Gasteiger partial charge on any atom is 0.251 e. The van der Waals surface area contributed by atoms with Crippen LogP contribution in [0.1, 0.15) is 31.1 Å². The van der Waals surface area contributed by atoms with Crippen LogP contribution in [0.25, 0.3) is 0 Å². The van der Waals surface area contributed by atoms with Crippen LogP contribution in [0.5, 0.6) is 0 Å². The van der Waals surface area contributed by atoms with E-state index in [1.54, 1.807) is 42.5 Å². The zero-order chi connectivity index (χ0) is 20.8. The van der Waals surface area contributed by atoms with Gasteiger partial charge in [-0.2, -0.15) is 0 Å². The van der Waals surface area contributed by atoms with Crippen LogP contribution in [0.15, 0.2) is 59.5 Å². The zero-order valence-electron chi connectivity index (χ0n) is 16.2. The molecule has 0 atom stereocenters. The van der Waals surface area contributed by atoms with Gasteiger partial charge < -0.3 is 10.6 Å². The fraction of sp³-hybridized carbons (Fsp3) is 0.300. The Labute approximate surface area is 165 Å². The average Bonchev–Trinajstić information content (AvgIpc) is 2.65. The minimum Gasteiger partial charge on any atom is -0.351 e. The van der Waals surface area contributed by atoms with Crippen molar-refractivity contribution in [3.8, 4) is 0 Å². The van der Waals surface area contributed by atoms with Crippen LogP contribution in [-0.2, 0) is 14.8 Å². The summed E-state index contributed by atoms with van der Waals surface area (Å²) in [5.41, 5.74) is 0.509. The molecule has 0 fully saturated rings. The molecule has 2 aromatic carbocycles. The molecule has 0 bridgehead atoms. The monoisotopic (exact) mass is 403 g/mol. The number of benzene rings is 2. The van der Waals surface area contributed by atoms with Crippen molar-refractivity contribution in [3.63, 3.8) is 0 Å². The van der Waals surface area contributed by atoms with Crippen molar-refractivity contribution in [2.24, 2.45) is 5.41 Å². The van der Waals surface area contributed by atoms with Crippen molar-refractivity contribution in [2.75, 3.05) is 18.4 Å². The molecule has 0 spiro atoms. The maximum atomic E-state index is 12.2. The lowest BCUT2D eigenvalue weighted by Gasteiger charge is -2.17. The first-order valence-electron chi connectivity index (χ1n) is 8.84. The van der Waals surface area contributed by atoms with Gasteiger partial charge in [0.15, 0.2) is 0 Å². The summed E-state index contributed by atoms with van der Waals surface area (Å²) < 4.78 is 26.6. The van der Waals surface area contributed by atoms with Gasteiger partial charge in [0.1, 0.15) is 0 Å². The van der Waals surface area contributed by atoms with Gasteiger partial charge in [-0.05, 0) is 36.4 Å². The Hall–Kier alpha value is -2.71. The predicted octanol–water partition coefficient (Wildman–Crippen LogP) is 2.38. The molecule has 0 radical (unpaired) electrons. The molecule has 0 saturated heterocycles. The lowest BCUT2D eigenvalue weighted by Crippen LogP contribution is -2.34. The van der Waals surface area contributed by atoms with E-state index in [0.29, 0.717) is 11.3 Å². The Bertz CT molecular complexity index is 918. The molecular formula is C20H25N3O4S. The molecule has 0 heterocycles. The second-order valence-electron chi connectivity index (χ2n) is 7.25. The molecule has 3 N–H and O–H groups in total. The third-order valence-electron chi connectivity index (χ3n) is 3.84. The van der Waals surface area contributed by atoms with Gasteiger partial charge in [-0.1, -0.05) is 39.0 Å². The fourth-order valence-corrected chi connectivity index (χ4v) is 3.22. The Kier molecular flexibility index (Phi) is 6.93. The molecule has 2 rings (SSSR count). The lowest BCUT2D eigenvalue weighted by molar-refractivity contribution is -0.123. The summed E-state index contributed by atoms with van der Waals surface area (Å²) >= 11 is 0. The summed E-state index contributed by atoms with van der Waals surface area (Å²) in [6.45, 7) is 5.67. The molecule has 0 aromatic heterocycles. The highest BCUT2D eigenvalue weighted by molar-refractivity contribution is 7.89. The number of carbonyl (C=O) groups excluding carboxylic acids is 2. The van der Waals surface area contributed by atoms with Gasteiger partial charge in [0.2, 0.25) is 15.9 Å². The number of rotatable bonds is 7. The van der Waals surface area contributed by atoms with Crippen molar-refractivity contribution < 1.29 is 18.0 Å². The van der Waals surface area contributed by atoms with Crippen molar-refractivity contribution in [2.45, 2.75) is 25.7 Å². The third kappa shape index (κ3) is 6.17. The Morgan fingerprint density at radius 1 is 0.893 bits per heavy atom. The van der Waals surface area contributed by atoms with Gasteiger partial charge >= 0.3 is 0 Å². The van der Waals surface area contributed by atoms with Crippen LogP contribution in [-0.4, -0.2) is 33.3 Å². The van der Waals surface area contributed by atoms with Crippen LogP contribution in [0.3, 0.4) is 0 Å². The molecule has 28 heavy (non-hydrogen) atoms. The van der Waals surface area contributed by atoms with Crippen molar-refractivity contribution in [1.82, 2.24) is 10.0 Å². The van der Waals surface area contributed by atoms with Crippen molar-refractivity contribution >= 4 is 27.5 Å².